The van der Waals surface area contributed by atoms with Crippen LogP contribution >= 0.6 is 23.1 Å². The van der Waals surface area contributed by atoms with Crippen LogP contribution in [-0.2, 0) is 5.75 Å². The molecule has 1 N–H and O–H groups in total. The molecule has 0 aliphatic heterocycles. The molecule has 0 fully saturated rings. The van der Waals surface area contributed by atoms with E-state index in [4.69, 9.17) is 4.74 Å². The second-order valence-electron chi connectivity index (χ2n) is 4.83. The predicted octanol–water partition coefficient (Wildman–Crippen LogP) is 4.09. The minimum absolute atomic E-state index is 0.214. The molecule has 122 valence electrons. The third-order valence-corrected chi connectivity index (χ3v) is 5.23. The van der Waals surface area contributed by atoms with Crippen LogP contribution in [0.5, 0.6) is 5.75 Å². The summed E-state index contributed by atoms with van der Waals surface area (Å²) in [6, 6.07) is 17.1. The van der Waals surface area contributed by atoms with Gasteiger partial charge in [-0.1, -0.05) is 53.4 Å². The number of benzene rings is 2. The summed E-state index contributed by atoms with van der Waals surface area (Å²) in [6.07, 6.45) is 0. The highest BCUT2D eigenvalue weighted by Gasteiger charge is 2.11. The lowest BCUT2D eigenvalue weighted by atomic mass is 10.2. The lowest BCUT2D eigenvalue weighted by Gasteiger charge is -2.02. The highest BCUT2D eigenvalue weighted by molar-refractivity contribution is 8.00. The molecule has 5 nitrogen and oxygen atoms in total. The van der Waals surface area contributed by atoms with Crippen molar-refractivity contribution in [2.45, 2.75) is 10.1 Å². The molecule has 0 bridgehead atoms. The van der Waals surface area contributed by atoms with E-state index in [0.717, 1.165) is 10.1 Å². The molecule has 0 spiro atoms. The van der Waals surface area contributed by atoms with Gasteiger partial charge in [-0.2, -0.15) is 0 Å². The Bertz CT molecular complexity index is 804. The maximum Gasteiger partial charge on any atom is 0.257 e. The van der Waals surface area contributed by atoms with Crippen LogP contribution in [0.25, 0.3) is 0 Å². The molecule has 0 aliphatic rings. The molecule has 2 aromatic carbocycles. The van der Waals surface area contributed by atoms with Crippen LogP contribution in [0.3, 0.4) is 0 Å². The van der Waals surface area contributed by atoms with Crippen molar-refractivity contribution in [2.24, 2.45) is 0 Å². The van der Waals surface area contributed by atoms with E-state index < -0.39 is 0 Å². The Kier molecular flexibility index (Phi) is 5.45. The van der Waals surface area contributed by atoms with E-state index in [1.54, 1.807) is 43.1 Å². The van der Waals surface area contributed by atoms with Crippen LogP contribution in [0.4, 0.5) is 5.13 Å². The van der Waals surface area contributed by atoms with Crippen LogP contribution in [-0.4, -0.2) is 23.2 Å². The fourth-order valence-electron chi connectivity index (χ4n) is 1.95. The van der Waals surface area contributed by atoms with E-state index in [9.17, 15) is 4.79 Å². The molecule has 3 aromatic rings. The molecular weight excluding hydrogens is 342 g/mol. The second-order valence-corrected chi connectivity index (χ2v) is 7.03. The number of anilines is 1. The summed E-state index contributed by atoms with van der Waals surface area (Å²) in [4.78, 5) is 12.2. The van der Waals surface area contributed by atoms with Gasteiger partial charge in [0.2, 0.25) is 5.13 Å². The van der Waals surface area contributed by atoms with Gasteiger partial charge in [0.25, 0.3) is 5.91 Å². The van der Waals surface area contributed by atoms with E-state index in [-0.39, 0.29) is 5.91 Å². The molecule has 7 heteroatoms. The Hall–Kier alpha value is -2.38. The fraction of sp³-hybridized carbons (Fsp3) is 0.118. The van der Waals surface area contributed by atoms with E-state index in [0.29, 0.717) is 16.4 Å². The number of hydrogen-bond donors (Lipinski definition) is 1. The Morgan fingerprint density at radius 1 is 1.12 bits per heavy atom. The van der Waals surface area contributed by atoms with Crippen molar-refractivity contribution in [3.8, 4) is 5.75 Å². The van der Waals surface area contributed by atoms with Crippen LogP contribution in [0.1, 0.15) is 15.9 Å². The average Bonchev–Trinajstić information content (AvgIpc) is 3.08. The molecule has 0 radical (unpaired) electrons. The number of amides is 1. The van der Waals surface area contributed by atoms with Crippen molar-refractivity contribution in [3.63, 3.8) is 0 Å². The van der Waals surface area contributed by atoms with Crippen LogP contribution in [0.15, 0.2) is 58.9 Å². The van der Waals surface area contributed by atoms with Gasteiger partial charge in [0.15, 0.2) is 4.34 Å². The maximum atomic E-state index is 12.2. The molecule has 1 amide bonds. The summed E-state index contributed by atoms with van der Waals surface area (Å²) in [7, 11) is 1.59. The average molecular weight is 357 g/mol. The van der Waals surface area contributed by atoms with Gasteiger partial charge in [-0.05, 0) is 29.8 Å². The molecule has 0 saturated carbocycles. The molecule has 24 heavy (non-hydrogen) atoms. The summed E-state index contributed by atoms with van der Waals surface area (Å²) in [6.45, 7) is 0. The van der Waals surface area contributed by atoms with Crippen LogP contribution in [0, 0.1) is 0 Å². The van der Waals surface area contributed by atoms with Crippen molar-refractivity contribution < 1.29 is 9.53 Å². The van der Waals surface area contributed by atoms with Crippen LogP contribution in [0.2, 0.25) is 0 Å². The van der Waals surface area contributed by atoms with Crippen LogP contribution < -0.4 is 10.1 Å². The Morgan fingerprint density at radius 2 is 1.88 bits per heavy atom. The number of nitrogens with one attached hydrogen (secondary N) is 1. The second kappa shape index (κ2) is 7.94. The molecule has 1 heterocycles. The number of carbonyl (C=O) groups is 1. The van der Waals surface area contributed by atoms with Gasteiger partial charge in [-0.25, -0.2) is 0 Å². The Labute approximate surface area is 148 Å². The quantitative estimate of drug-likeness (QED) is 0.532. The predicted molar refractivity (Wildman–Crippen MR) is 96.9 cm³/mol. The molecule has 0 saturated heterocycles. The summed E-state index contributed by atoms with van der Waals surface area (Å²) in [5.41, 5.74) is 1.77. The number of ether oxygens (including phenoxy) is 1. The SMILES string of the molecule is COc1ccc(C(=O)Nc2nnc(SCc3ccccc3)s2)cc1. The number of aromatic nitrogens is 2. The monoisotopic (exact) mass is 357 g/mol. The van der Waals surface area contributed by atoms with Gasteiger partial charge in [0.1, 0.15) is 5.75 Å². The Balaban J connectivity index is 1.57. The molecule has 3 rings (SSSR count). The normalized spacial score (nSPS) is 10.4. The highest BCUT2D eigenvalue weighted by Crippen LogP contribution is 2.28. The summed E-state index contributed by atoms with van der Waals surface area (Å²) in [5, 5.41) is 11.4. The van der Waals surface area contributed by atoms with Crippen molar-refractivity contribution in [3.05, 3.63) is 65.7 Å². The number of carbonyl (C=O) groups excluding carboxylic acids is 1. The van der Waals surface area contributed by atoms with E-state index >= 15 is 0 Å². The molecule has 0 unspecified atom stereocenters. The third-order valence-electron chi connectivity index (χ3n) is 3.18. The molecule has 0 atom stereocenters. The van der Waals surface area contributed by atoms with Gasteiger partial charge in [-0.15, -0.1) is 10.2 Å². The summed E-state index contributed by atoms with van der Waals surface area (Å²) < 4.78 is 5.90. The summed E-state index contributed by atoms with van der Waals surface area (Å²) >= 11 is 2.97. The number of nitrogens with zero attached hydrogens (tertiary/aromatic N) is 2. The van der Waals surface area contributed by atoms with Gasteiger partial charge < -0.3 is 4.74 Å². The molecule has 1 aromatic heterocycles. The van der Waals surface area contributed by atoms with Gasteiger partial charge in [0, 0.05) is 11.3 Å². The van der Waals surface area contributed by atoms with Gasteiger partial charge >= 0.3 is 0 Å². The minimum atomic E-state index is -0.214. The molecular formula is C17H15N3O2S2. The minimum Gasteiger partial charge on any atom is -0.497 e. The lowest BCUT2D eigenvalue weighted by molar-refractivity contribution is 0.102. The van der Waals surface area contributed by atoms with Crippen molar-refractivity contribution in [1.82, 2.24) is 10.2 Å². The third kappa shape index (κ3) is 4.33. The topological polar surface area (TPSA) is 64.1 Å². The maximum absolute atomic E-state index is 12.2. The first-order valence-corrected chi connectivity index (χ1v) is 9.00. The van der Waals surface area contributed by atoms with E-state index in [1.165, 1.54) is 16.9 Å². The smallest absolute Gasteiger partial charge is 0.257 e. The summed E-state index contributed by atoms with van der Waals surface area (Å²) in [5.74, 6) is 1.32. The highest BCUT2D eigenvalue weighted by atomic mass is 32.2. The van der Waals surface area contributed by atoms with Crippen molar-refractivity contribution in [2.75, 3.05) is 12.4 Å². The number of hydrogen-bond acceptors (Lipinski definition) is 6. The zero-order valence-electron chi connectivity index (χ0n) is 12.9. The van der Waals surface area contributed by atoms with E-state index in [1.807, 2.05) is 18.2 Å². The Morgan fingerprint density at radius 3 is 2.58 bits per heavy atom. The number of methoxy groups -OCH3 is 1. The first kappa shape index (κ1) is 16.5. The van der Waals surface area contributed by atoms with Gasteiger partial charge in [-0.3, -0.25) is 10.1 Å². The number of rotatable bonds is 6. The standard InChI is InChI=1S/C17H15N3O2S2/c1-22-14-9-7-13(8-10-14)15(21)18-16-19-20-17(24-16)23-11-12-5-3-2-4-6-12/h2-10H,11H2,1H3,(H,18,19,21). The van der Waals surface area contributed by atoms with Crippen molar-refractivity contribution in [1.29, 1.82) is 0 Å². The first-order valence-electron chi connectivity index (χ1n) is 7.20. The lowest BCUT2D eigenvalue weighted by Crippen LogP contribution is -2.11. The zero-order valence-corrected chi connectivity index (χ0v) is 14.6. The largest absolute Gasteiger partial charge is 0.497 e. The fourth-order valence-corrected chi connectivity index (χ4v) is 3.65. The van der Waals surface area contributed by atoms with Crippen molar-refractivity contribution >= 4 is 34.1 Å². The van der Waals surface area contributed by atoms with E-state index in [2.05, 4.69) is 27.6 Å². The first-order chi connectivity index (χ1) is 11.7. The molecule has 0 aliphatic carbocycles. The van der Waals surface area contributed by atoms with Gasteiger partial charge in [0.05, 0.1) is 7.11 Å². The number of thioether (sulfide) groups is 1. The zero-order chi connectivity index (χ0) is 16.8.